The van der Waals surface area contributed by atoms with Gasteiger partial charge in [0.15, 0.2) is 0 Å². The van der Waals surface area contributed by atoms with Crippen LogP contribution in [0.15, 0.2) is 28.6 Å². The van der Waals surface area contributed by atoms with E-state index in [1.54, 1.807) is 6.08 Å². The molecule has 0 aromatic carbocycles. The van der Waals surface area contributed by atoms with Crippen molar-refractivity contribution in [3.05, 3.63) is 23.6 Å². The maximum atomic E-state index is 5.45. The number of hydrogen-bond acceptors (Lipinski definition) is 2. The average molecular weight is 174 g/mol. The van der Waals surface area contributed by atoms with Crippen LogP contribution < -0.4 is 0 Å². The number of hydrogen-bond donors (Lipinski definition) is 0. The number of ether oxygens (including phenoxy) is 1. The minimum atomic E-state index is 0.393. The van der Waals surface area contributed by atoms with Crippen molar-refractivity contribution >= 4 is 17.8 Å². The van der Waals surface area contributed by atoms with Gasteiger partial charge in [0, 0.05) is 6.21 Å². The van der Waals surface area contributed by atoms with Crippen LogP contribution in [0.4, 0.5) is 0 Å². The van der Waals surface area contributed by atoms with Crippen molar-refractivity contribution in [3.8, 4) is 0 Å². The first-order valence-electron chi connectivity index (χ1n) is 3.38. The molecule has 0 aromatic heterocycles. The minimum absolute atomic E-state index is 0.393. The largest absolute Gasteiger partial charge is 0.478 e. The Morgan fingerprint density at radius 2 is 2.36 bits per heavy atom. The Hall–Kier alpha value is -0.760. The predicted molar refractivity (Wildman–Crippen MR) is 48.9 cm³/mol. The molecule has 62 valence electrons. The third-order valence-corrected chi connectivity index (χ3v) is 0.969. The van der Waals surface area contributed by atoms with Gasteiger partial charge in [0.2, 0.25) is 5.88 Å². The summed E-state index contributed by atoms with van der Waals surface area (Å²) in [5, 5.41) is 0.393. The second-order valence-corrected chi connectivity index (χ2v) is 2.25. The average Bonchev–Trinajstić information content (AvgIpc) is 1.97. The summed E-state index contributed by atoms with van der Waals surface area (Å²) < 4.78 is 5.10. The van der Waals surface area contributed by atoms with Gasteiger partial charge < -0.3 is 4.74 Å². The molecule has 0 N–H and O–H groups in total. The maximum Gasteiger partial charge on any atom is 0.208 e. The van der Waals surface area contributed by atoms with Gasteiger partial charge in [-0.15, -0.1) is 0 Å². The van der Waals surface area contributed by atoms with E-state index in [2.05, 4.69) is 11.6 Å². The Morgan fingerprint density at radius 3 is 2.73 bits per heavy atom. The zero-order valence-electron chi connectivity index (χ0n) is 6.80. The summed E-state index contributed by atoms with van der Waals surface area (Å²) in [5.74, 6) is 0.564. The summed E-state index contributed by atoms with van der Waals surface area (Å²) in [4.78, 5) is 3.91. The van der Waals surface area contributed by atoms with E-state index < -0.39 is 0 Å². The summed E-state index contributed by atoms with van der Waals surface area (Å²) in [6.45, 7) is 7.80. The van der Waals surface area contributed by atoms with Crippen LogP contribution in [0.5, 0.6) is 0 Å². The Kier molecular flexibility index (Phi) is 5.57. The Labute approximate surface area is 72.2 Å². The molecule has 3 heteroatoms. The molecule has 2 nitrogen and oxygen atoms in total. The molecule has 0 aliphatic rings. The SMILES string of the molecule is C=C(Cl)/C=N\C(=C\C)OCC. The van der Waals surface area contributed by atoms with Crippen molar-refractivity contribution < 1.29 is 4.74 Å². The highest BCUT2D eigenvalue weighted by Gasteiger charge is 1.88. The number of rotatable bonds is 4. The van der Waals surface area contributed by atoms with Gasteiger partial charge in [0.25, 0.3) is 0 Å². The van der Waals surface area contributed by atoms with Crippen LogP contribution in [-0.4, -0.2) is 12.8 Å². The van der Waals surface area contributed by atoms with Crippen LogP contribution in [0.25, 0.3) is 0 Å². The van der Waals surface area contributed by atoms with E-state index in [4.69, 9.17) is 16.3 Å². The first-order chi connectivity index (χ1) is 5.20. The standard InChI is InChI=1S/C8H12ClNO/c1-4-8(11-5-2)10-6-7(3)9/h4,6H,3,5H2,1-2H3/b8-4-,10-6-. The van der Waals surface area contributed by atoms with E-state index in [0.717, 1.165) is 0 Å². The highest BCUT2D eigenvalue weighted by molar-refractivity contribution is 6.38. The topological polar surface area (TPSA) is 21.6 Å². The summed E-state index contributed by atoms with van der Waals surface area (Å²) >= 11 is 5.45. The molecule has 0 unspecified atom stereocenters. The quantitative estimate of drug-likeness (QED) is 0.473. The van der Waals surface area contributed by atoms with E-state index in [1.165, 1.54) is 6.21 Å². The molecule has 0 bridgehead atoms. The van der Waals surface area contributed by atoms with E-state index in [-0.39, 0.29) is 0 Å². The lowest BCUT2D eigenvalue weighted by Crippen LogP contribution is -1.88. The monoisotopic (exact) mass is 173 g/mol. The zero-order chi connectivity index (χ0) is 8.69. The maximum absolute atomic E-state index is 5.45. The molecule has 0 radical (unpaired) electrons. The number of allylic oxidation sites excluding steroid dienone is 2. The smallest absolute Gasteiger partial charge is 0.208 e. The predicted octanol–water partition coefficient (Wildman–Crippen LogP) is 2.71. The summed E-state index contributed by atoms with van der Waals surface area (Å²) in [6.07, 6.45) is 3.21. The normalized spacial score (nSPS) is 12.1. The molecule has 0 aromatic rings. The number of halogens is 1. The van der Waals surface area contributed by atoms with Gasteiger partial charge in [-0.25, -0.2) is 4.99 Å². The molecule has 0 saturated heterocycles. The summed E-state index contributed by atoms with van der Waals surface area (Å²) in [5.41, 5.74) is 0. The summed E-state index contributed by atoms with van der Waals surface area (Å²) in [6, 6.07) is 0. The first kappa shape index (κ1) is 10.2. The van der Waals surface area contributed by atoms with E-state index >= 15 is 0 Å². The lowest BCUT2D eigenvalue weighted by Gasteiger charge is -1.99. The molecular weight excluding hydrogens is 162 g/mol. The van der Waals surface area contributed by atoms with Crippen molar-refractivity contribution in [1.82, 2.24) is 0 Å². The lowest BCUT2D eigenvalue weighted by molar-refractivity contribution is 0.227. The van der Waals surface area contributed by atoms with Gasteiger partial charge in [-0.3, -0.25) is 0 Å². The molecule has 0 aliphatic heterocycles. The fourth-order valence-corrected chi connectivity index (χ4v) is 0.525. The molecule has 0 fully saturated rings. The highest BCUT2D eigenvalue weighted by Crippen LogP contribution is 2.00. The van der Waals surface area contributed by atoms with Gasteiger partial charge in [0.05, 0.1) is 11.6 Å². The van der Waals surface area contributed by atoms with Gasteiger partial charge in [-0.05, 0) is 19.9 Å². The molecule has 0 saturated carbocycles. The fourth-order valence-electron chi connectivity index (χ4n) is 0.477. The third kappa shape index (κ3) is 5.67. The van der Waals surface area contributed by atoms with E-state index in [1.807, 2.05) is 13.8 Å². The second-order valence-electron chi connectivity index (χ2n) is 1.76. The third-order valence-electron chi connectivity index (χ3n) is 0.871. The summed E-state index contributed by atoms with van der Waals surface area (Å²) in [7, 11) is 0. The van der Waals surface area contributed by atoms with Crippen LogP contribution >= 0.6 is 11.6 Å². The molecular formula is C8H12ClNO. The number of nitrogens with zero attached hydrogens (tertiary/aromatic N) is 1. The van der Waals surface area contributed by atoms with Crippen molar-refractivity contribution in [2.75, 3.05) is 6.61 Å². The molecule has 0 aliphatic carbocycles. The van der Waals surface area contributed by atoms with Crippen LogP contribution in [-0.2, 0) is 4.74 Å². The minimum Gasteiger partial charge on any atom is -0.478 e. The molecule has 0 amide bonds. The zero-order valence-corrected chi connectivity index (χ0v) is 7.56. The van der Waals surface area contributed by atoms with Crippen molar-refractivity contribution in [3.63, 3.8) is 0 Å². The van der Waals surface area contributed by atoms with Gasteiger partial charge in [0.1, 0.15) is 0 Å². The fraction of sp³-hybridized carbons (Fsp3) is 0.375. The van der Waals surface area contributed by atoms with Crippen LogP contribution in [0, 0.1) is 0 Å². The lowest BCUT2D eigenvalue weighted by atomic mass is 10.6. The van der Waals surface area contributed by atoms with Gasteiger partial charge in [-0.2, -0.15) is 0 Å². The molecule has 0 heterocycles. The Morgan fingerprint density at radius 1 is 1.73 bits per heavy atom. The number of aliphatic imine (C=N–C) groups is 1. The molecule has 0 atom stereocenters. The molecule has 0 spiro atoms. The Bertz CT molecular complexity index is 185. The van der Waals surface area contributed by atoms with Crippen LogP contribution in [0.3, 0.4) is 0 Å². The van der Waals surface area contributed by atoms with Crippen LogP contribution in [0.1, 0.15) is 13.8 Å². The first-order valence-corrected chi connectivity index (χ1v) is 3.76. The van der Waals surface area contributed by atoms with Crippen molar-refractivity contribution in [2.45, 2.75) is 13.8 Å². The second kappa shape index (κ2) is 5.98. The Balaban J connectivity index is 3.98. The van der Waals surface area contributed by atoms with Crippen molar-refractivity contribution in [1.29, 1.82) is 0 Å². The molecule has 0 rings (SSSR count). The van der Waals surface area contributed by atoms with E-state index in [0.29, 0.717) is 17.5 Å². The highest BCUT2D eigenvalue weighted by atomic mass is 35.5. The van der Waals surface area contributed by atoms with Crippen LogP contribution in [0.2, 0.25) is 0 Å². The van der Waals surface area contributed by atoms with Crippen molar-refractivity contribution in [2.24, 2.45) is 4.99 Å². The van der Waals surface area contributed by atoms with Gasteiger partial charge in [-0.1, -0.05) is 18.2 Å². The van der Waals surface area contributed by atoms with E-state index in [9.17, 15) is 0 Å². The van der Waals surface area contributed by atoms with Gasteiger partial charge >= 0.3 is 0 Å². The molecule has 11 heavy (non-hydrogen) atoms.